The molecular weight excluding hydrogens is 190 g/mol. The highest BCUT2D eigenvalue weighted by molar-refractivity contribution is 7.89. The number of hydrogen-bond donors (Lipinski definition) is 0. The third-order valence-electron chi connectivity index (χ3n) is 0.646. The highest BCUT2D eigenvalue weighted by Crippen LogP contribution is 2.18. The molecule has 0 aliphatic heterocycles. The fourth-order valence-corrected chi connectivity index (χ4v) is 0.557. The Morgan fingerprint density at radius 1 is 1.36 bits per heavy atom. The van der Waals surface area contributed by atoms with Gasteiger partial charge in [-0.15, -0.1) is 3.89 Å². The highest BCUT2D eigenvalue weighted by atomic mass is 32.3. The van der Waals surface area contributed by atoms with Crippen LogP contribution in [-0.4, -0.2) is 27.6 Å². The molecular formula is C3H4F4NO2S-. The van der Waals surface area contributed by atoms with Crippen molar-refractivity contribution in [1.82, 2.24) is 0 Å². The van der Waals surface area contributed by atoms with Crippen molar-refractivity contribution in [3.8, 4) is 0 Å². The molecule has 0 aliphatic carbocycles. The summed E-state index contributed by atoms with van der Waals surface area (Å²) in [6.07, 6.45) is 0. The third kappa shape index (κ3) is 6.05. The molecule has 0 saturated heterocycles. The van der Waals surface area contributed by atoms with Gasteiger partial charge in [-0.3, -0.25) is 0 Å². The summed E-state index contributed by atoms with van der Waals surface area (Å²) in [5, 5.41) is 0. The van der Waals surface area contributed by atoms with Gasteiger partial charge in [-0.2, -0.15) is 0 Å². The van der Waals surface area contributed by atoms with Crippen molar-refractivity contribution >= 4 is 10.4 Å². The lowest BCUT2D eigenvalue weighted by Crippen LogP contribution is -2.24. The molecule has 0 heterocycles. The highest BCUT2D eigenvalue weighted by Gasteiger charge is 2.24. The Hall–Kier alpha value is -0.370. The van der Waals surface area contributed by atoms with E-state index in [1.165, 1.54) is 0 Å². The molecule has 68 valence electrons. The fraction of sp³-hybridized carbons (Fsp3) is 1.00. The minimum absolute atomic E-state index is 1.69. The van der Waals surface area contributed by atoms with E-state index >= 15 is 0 Å². The Balaban J connectivity index is 3.90. The molecule has 0 unspecified atom stereocenters. The molecule has 0 aromatic rings. The zero-order valence-corrected chi connectivity index (χ0v) is 5.91. The van der Waals surface area contributed by atoms with Crippen molar-refractivity contribution < 1.29 is 25.5 Å². The molecule has 0 aliphatic rings. The van der Waals surface area contributed by atoms with Gasteiger partial charge in [0.25, 0.3) is 5.92 Å². The van der Waals surface area contributed by atoms with Crippen LogP contribution in [0.1, 0.15) is 0 Å². The predicted octanol–water partition coefficient (Wildman–Crippen LogP) is 1.18. The molecule has 0 bridgehead atoms. The lowest BCUT2D eigenvalue weighted by Gasteiger charge is -2.19. The largest absolute Gasteiger partial charge is 0.516 e. The number of hydrogen-bond acceptors (Lipinski definition) is 2. The second-order valence-electron chi connectivity index (χ2n) is 1.69. The van der Waals surface area contributed by atoms with Gasteiger partial charge in [0.05, 0.1) is 0 Å². The molecule has 0 fully saturated rings. The van der Waals surface area contributed by atoms with Crippen LogP contribution in [0.15, 0.2) is 0 Å². The zero-order chi connectivity index (χ0) is 9.12. The molecule has 0 atom stereocenters. The topological polar surface area (TPSA) is 48.2 Å². The molecule has 0 rings (SSSR count). The van der Waals surface area contributed by atoms with Crippen molar-refractivity contribution in [2.75, 3.05) is 13.2 Å². The normalized spacial score (nSPS) is 13.5. The predicted molar refractivity (Wildman–Crippen MR) is 29.2 cm³/mol. The minimum atomic E-state index is -5.29. The average Bonchev–Trinajstić information content (AvgIpc) is 1.83. The van der Waals surface area contributed by atoms with E-state index < -0.39 is 29.6 Å². The summed E-state index contributed by atoms with van der Waals surface area (Å²) >= 11 is 0. The van der Waals surface area contributed by atoms with Crippen LogP contribution in [0.2, 0.25) is 0 Å². The Morgan fingerprint density at radius 3 is 2.09 bits per heavy atom. The van der Waals surface area contributed by atoms with Gasteiger partial charge in [0.15, 0.2) is 6.67 Å². The smallest absolute Gasteiger partial charge is 0.258 e. The first kappa shape index (κ1) is 10.6. The summed E-state index contributed by atoms with van der Waals surface area (Å²) in [5.74, 6) is -3.90. The molecule has 11 heavy (non-hydrogen) atoms. The molecule has 0 aromatic heterocycles. The first-order chi connectivity index (χ1) is 4.77. The number of rotatable bonds is 4. The van der Waals surface area contributed by atoms with Crippen LogP contribution >= 0.6 is 0 Å². The van der Waals surface area contributed by atoms with Gasteiger partial charge in [0.2, 0.25) is 10.4 Å². The van der Waals surface area contributed by atoms with Crippen molar-refractivity contribution in [1.29, 1.82) is 0 Å². The first-order valence-corrected chi connectivity index (χ1v) is 3.68. The van der Waals surface area contributed by atoms with Crippen LogP contribution in [-0.2, 0) is 10.4 Å². The molecule has 8 heteroatoms. The lowest BCUT2D eigenvalue weighted by molar-refractivity contribution is -0.00624. The van der Waals surface area contributed by atoms with Crippen LogP contribution in [0.25, 0.3) is 4.72 Å². The zero-order valence-electron chi connectivity index (χ0n) is 5.10. The molecule has 0 N–H and O–H groups in total. The maximum Gasteiger partial charge on any atom is 0.258 e. The van der Waals surface area contributed by atoms with Gasteiger partial charge >= 0.3 is 0 Å². The van der Waals surface area contributed by atoms with Crippen LogP contribution < -0.4 is 0 Å². The van der Waals surface area contributed by atoms with E-state index in [-0.39, 0.29) is 0 Å². The van der Waals surface area contributed by atoms with Gasteiger partial charge in [-0.1, -0.05) is 6.54 Å². The molecule has 3 nitrogen and oxygen atoms in total. The van der Waals surface area contributed by atoms with E-state index in [2.05, 4.69) is 0 Å². The average molecular weight is 194 g/mol. The van der Waals surface area contributed by atoms with Gasteiger partial charge in [-0.05, 0) is 0 Å². The monoisotopic (exact) mass is 194 g/mol. The van der Waals surface area contributed by atoms with Gasteiger partial charge in [0, 0.05) is 0 Å². The summed E-state index contributed by atoms with van der Waals surface area (Å²) in [6, 6.07) is 0. The van der Waals surface area contributed by atoms with E-state index in [9.17, 15) is 25.5 Å². The first-order valence-electron chi connectivity index (χ1n) is 2.34. The number of nitrogens with zero attached hydrogens (tertiary/aromatic N) is 1. The van der Waals surface area contributed by atoms with Gasteiger partial charge < -0.3 is 4.72 Å². The van der Waals surface area contributed by atoms with Crippen LogP contribution in [0.3, 0.4) is 0 Å². The van der Waals surface area contributed by atoms with E-state index in [0.29, 0.717) is 0 Å². The maximum atomic E-state index is 11.8. The van der Waals surface area contributed by atoms with Crippen LogP contribution in [0.5, 0.6) is 0 Å². The quantitative estimate of drug-likeness (QED) is 0.498. The van der Waals surface area contributed by atoms with E-state index in [0.717, 1.165) is 0 Å². The summed E-state index contributed by atoms with van der Waals surface area (Å²) in [4.78, 5) is 0. The standard InChI is InChI=1S/C3H4F4NO2S/c4-1-3(5,6)2-8-11(7,9)10/h1-2H2/q-1. The minimum Gasteiger partial charge on any atom is -0.516 e. The Morgan fingerprint density at radius 2 is 1.82 bits per heavy atom. The number of alkyl halides is 3. The van der Waals surface area contributed by atoms with E-state index in [1.807, 2.05) is 4.72 Å². The Labute approximate surface area is 60.7 Å². The molecule has 0 amide bonds. The van der Waals surface area contributed by atoms with E-state index in [4.69, 9.17) is 0 Å². The van der Waals surface area contributed by atoms with Gasteiger partial charge in [0.1, 0.15) is 0 Å². The molecule has 0 radical (unpaired) electrons. The third-order valence-corrected chi connectivity index (χ3v) is 1.08. The number of halogens is 4. The van der Waals surface area contributed by atoms with Crippen LogP contribution in [0, 0.1) is 0 Å². The van der Waals surface area contributed by atoms with Crippen LogP contribution in [0.4, 0.5) is 17.1 Å². The van der Waals surface area contributed by atoms with Crippen molar-refractivity contribution in [2.24, 2.45) is 0 Å². The van der Waals surface area contributed by atoms with Gasteiger partial charge in [-0.25, -0.2) is 21.6 Å². The summed E-state index contributed by atoms with van der Waals surface area (Å²) in [6.45, 7) is -3.76. The Kier molecular flexibility index (Phi) is 3.24. The second-order valence-corrected chi connectivity index (χ2v) is 2.77. The summed E-state index contributed by atoms with van der Waals surface area (Å²) < 4.78 is 67.1. The molecule has 0 spiro atoms. The Bertz CT molecular complexity index is 213. The summed E-state index contributed by atoms with van der Waals surface area (Å²) in [7, 11) is -5.29. The second kappa shape index (κ2) is 3.35. The molecule has 0 aromatic carbocycles. The van der Waals surface area contributed by atoms with E-state index in [1.54, 1.807) is 0 Å². The SMILES string of the molecule is O=S(=O)(F)[N-]CC(F)(F)CF. The maximum absolute atomic E-state index is 11.8. The summed E-state index contributed by atoms with van der Waals surface area (Å²) in [5.41, 5.74) is 0. The van der Waals surface area contributed by atoms with Crippen molar-refractivity contribution in [2.45, 2.75) is 5.92 Å². The molecule has 0 saturated carbocycles. The van der Waals surface area contributed by atoms with Crippen molar-refractivity contribution in [3.05, 3.63) is 4.72 Å². The lowest BCUT2D eigenvalue weighted by atomic mass is 10.4. The fourth-order valence-electron chi connectivity index (χ4n) is 0.214. The van der Waals surface area contributed by atoms with Crippen molar-refractivity contribution in [3.63, 3.8) is 0 Å².